The molecule has 0 N–H and O–H groups in total. The molecule has 0 aliphatic carbocycles. The van der Waals surface area contributed by atoms with E-state index in [1.807, 2.05) is 0 Å². The molecule has 17 heavy (non-hydrogen) atoms. The summed E-state index contributed by atoms with van der Waals surface area (Å²) in [6, 6.07) is 0. The van der Waals surface area contributed by atoms with Gasteiger partial charge in [0.25, 0.3) is 0 Å². The van der Waals surface area contributed by atoms with Crippen LogP contribution in [0.15, 0.2) is 4.34 Å². The number of rotatable bonds is 4. The Bertz CT molecular complexity index is 486. The van der Waals surface area contributed by atoms with Crippen LogP contribution in [-0.2, 0) is 16.0 Å². The average Bonchev–Trinajstić information content (AvgIpc) is 2.66. The van der Waals surface area contributed by atoms with Crippen LogP contribution in [-0.4, -0.2) is 28.9 Å². The molecule has 0 saturated heterocycles. The summed E-state index contributed by atoms with van der Waals surface area (Å²) in [5.74, 6) is -1.33. The molecule has 98 valence electrons. The van der Waals surface area contributed by atoms with Gasteiger partial charge in [-0.25, -0.2) is 8.42 Å². The molecule has 1 unspecified atom stereocenters. The molecule has 1 atom stereocenters. The van der Waals surface area contributed by atoms with E-state index in [0.717, 1.165) is 0 Å². The van der Waals surface area contributed by atoms with Crippen LogP contribution in [0.5, 0.6) is 0 Å². The minimum absolute atomic E-state index is 0.103. The molecule has 0 aliphatic heterocycles. The molecule has 4 nitrogen and oxygen atoms in total. The Morgan fingerprint density at radius 3 is 2.47 bits per heavy atom. The van der Waals surface area contributed by atoms with Crippen molar-refractivity contribution in [2.24, 2.45) is 0 Å². The van der Waals surface area contributed by atoms with Crippen molar-refractivity contribution < 1.29 is 21.6 Å². The molecule has 0 aromatic carbocycles. The summed E-state index contributed by atoms with van der Waals surface area (Å²) in [6.45, 7) is 1.37. The van der Waals surface area contributed by atoms with Gasteiger partial charge in [-0.05, 0) is 24.9 Å². The van der Waals surface area contributed by atoms with E-state index in [4.69, 9.17) is 11.6 Å². The van der Waals surface area contributed by atoms with Crippen LogP contribution >= 0.6 is 23.1 Å². The molecule has 0 aliphatic rings. The lowest BCUT2D eigenvalue weighted by atomic mass is 10.4. The molecule has 0 saturated carbocycles. The first-order chi connectivity index (χ1) is 7.69. The molecule has 1 heterocycles. The van der Waals surface area contributed by atoms with E-state index in [9.17, 15) is 21.6 Å². The monoisotopic (exact) mass is 308 g/mol. The van der Waals surface area contributed by atoms with Crippen LogP contribution in [0.2, 0.25) is 0 Å². The number of hydrogen-bond acceptors (Lipinski definition) is 5. The minimum atomic E-state index is -4.74. The number of alkyl halides is 4. The number of halogens is 4. The van der Waals surface area contributed by atoms with Crippen LogP contribution in [0.1, 0.15) is 19.2 Å². The Kier molecular flexibility index (Phi) is 4.37. The van der Waals surface area contributed by atoms with E-state index < -0.39 is 31.4 Å². The second-order valence-corrected chi connectivity index (χ2v) is 6.88. The van der Waals surface area contributed by atoms with Gasteiger partial charge < -0.3 is 0 Å². The molecular formula is C7H8ClF3N2O2S2. The summed E-state index contributed by atoms with van der Waals surface area (Å²) < 4.78 is 62.5. The van der Waals surface area contributed by atoms with Crippen molar-refractivity contribution in [3.8, 4) is 0 Å². The highest BCUT2D eigenvalue weighted by Gasteiger charge is 2.38. The van der Waals surface area contributed by atoms with E-state index in [2.05, 4.69) is 9.36 Å². The Labute approximate surface area is 105 Å². The van der Waals surface area contributed by atoms with Crippen LogP contribution in [0.3, 0.4) is 0 Å². The van der Waals surface area contributed by atoms with Gasteiger partial charge in [0, 0.05) is 5.88 Å². The van der Waals surface area contributed by atoms with E-state index >= 15 is 0 Å². The topological polar surface area (TPSA) is 59.9 Å². The molecule has 10 heteroatoms. The standard InChI is InChI=1S/C7H8ClF3N2O2S2/c1-4(2-3-8)17(14,15)6-12-5(13-16-6)7(9,10)11/h4H,2-3H2,1H3. The van der Waals surface area contributed by atoms with Gasteiger partial charge in [-0.2, -0.15) is 22.5 Å². The third kappa shape index (κ3) is 3.29. The largest absolute Gasteiger partial charge is 0.452 e. The summed E-state index contributed by atoms with van der Waals surface area (Å²) in [6.07, 6.45) is -4.59. The maximum Gasteiger partial charge on any atom is 0.452 e. The summed E-state index contributed by atoms with van der Waals surface area (Å²) >= 11 is 5.62. The highest BCUT2D eigenvalue weighted by molar-refractivity contribution is 7.93. The fourth-order valence-electron chi connectivity index (χ4n) is 0.921. The van der Waals surface area contributed by atoms with E-state index in [1.54, 1.807) is 0 Å². The Morgan fingerprint density at radius 1 is 1.47 bits per heavy atom. The molecule has 0 fully saturated rings. The lowest BCUT2D eigenvalue weighted by Crippen LogP contribution is -2.19. The molecule has 1 aromatic heterocycles. The summed E-state index contributed by atoms with van der Waals surface area (Å²) in [4.78, 5) is 3.01. The van der Waals surface area contributed by atoms with Gasteiger partial charge in [0.1, 0.15) is 0 Å². The van der Waals surface area contributed by atoms with Gasteiger partial charge >= 0.3 is 6.18 Å². The van der Waals surface area contributed by atoms with Crippen molar-refractivity contribution in [1.82, 2.24) is 9.36 Å². The number of hydrogen-bond donors (Lipinski definition) is 0. The first kappa shape index (κ1) is 14.7. The van der Waals surface area contributed by atoms with E-state index in [0.29, 0.717) is 0 Å². The van der Waals surface area contributed by atoms with Crippen molar-refractivity contribution in [2.45, 2.75) is 29.1 Å². The van der Waals surface area contributed by atoms with Crippen molar-refractivity contribution >= 4 is 33.0 Å². The zero-order chi connectivity index (χ0) is 13.3. The number of nitrogens with zero attached hydrogens (tertiary/aromatic N) is 2. The third-order valence-corrected chi connectivity index (χ3v) is 5.47. The van der Waals surface area contributed by atoms with Crippen molar-refractivity contribution in [3.05, 3.63) is 5.82 Å². The zero-order valence-electron chi connectivity index (χ0n) is 8.53. The summed E-state index contributed by atoms with van der Waals surface area (Å²) in [5, 5.41) is -0.881. The Morgan fingerprint density at radius 2 is 2.06 bits per heavy atom. The highest BCUT2D eigenvalue weighted by atomic mass is 35.5. The van der Waals surface area contributed by atoms with Gasteiger partial charge in [0.05, 0.1) is 5.25 Å². The van der Waals surface area contributed by atoms with Crippen LogP contribution in [0.4, 0.5) is 13.2 Å². The fourth-order valence-corrected chi connectivity index (χ4v) is 3.82. The van der Waals surface area contributed by atoms with E-state index in [1.165, 1.54) is 6.92 Å². The van der Waals surface area contributed by atoms with Gasteiger partial charge in [-0.3, -0.25) is 0 Å². The predicted octanol–water partition coefficient (Wildman–Crippen LogP) is 2.35. The van der Waals surface area contributed by atoms with Crippen LogP contribution < -0.4 is 0 Å². The van der Waals surface area contributed by atoms with Crippen LogP contribution in [0.25, 0.3) is 0 Å². The van der Waals surface area contributed by atoms with E-state index in [-0.39, 0.29) is 23.8 Å². The summed E-state index contributed by atoms with van der Waals surface area (Å²) in [5.41, 5.74) is 0. The molecule has 0 spiro atoms. The molecule has 0 radical (unpaired) electrons. The van der Waals surface area contributed by atoms with Gasteiger partial charge in [0.15, 0.2) is 0 Å². The fraction of sp³-hybridized carbons (Fsp3) is 0.714. The van der Waals surface area contributed by atoms with Gasteiger partial charge in [-0.1, -0.05) is 0 Å². The second-order valence-electron chi connectivity index (χ2n) is 3.21. The lowest BCUT2D eigenvalue weighted by molar-refractivity contribution is -0.144. The van der Waals surface area contributed by atoms with Gasteiger partial charge in [0.2, 0.25) is 20.0 Å². The maximum atomic E-state index is 12.2. The van der Waals surface area contributed by atoms with Crippen molar-refractivity contribution in [1.29, 1.82) is 0 Å². The molecular weight excluding hydrogens is 301 g/mol. The molecule has 1 aromatic rings. The van der Waals surface area contributed by atoms with Gasteiger partial charge in [-0.15, -0.1) is 11.6 Å². The quantitative estimate of drug-likeness (QED) is 0.801. The highest BCUT2D eigenvalue weighted by Crippen LogP contribution is 2.30. The summed E-state index contributed by atoms with van der Waals surface area (Å²) in [7, 11) is -3.88. The van der Waals surface area contributed by atoms with Crippen molar-refractivity contribution in [3.63, 3.8) is 0 Å². The average molecular weight is 309 g/mol. The van der Waals surface area contributed by atoms with Crippen LogP contribution in [0, 0.1) is 0 Å². The first-order valence-corrected chi connectivity index (χ1v) is 7.25. The number of sulfone groups is 1. The molecule has 0 bridgehead atoms. The molecule has 0 amide bonds. The molecule has 1 rings (SSSR count). The minimum Gasteiger partial charge on any atom is -0.221 e. The first-order valence-electron chi connectivity index (χ1n) is 4.40. The lowest BCUT2D eigenvalue weighted by Gasteiger charge is -2.07. The smallest absolute Gasteiger partial charge is 0.221 e. The third-order valence-electron chi connectivity index (χ3n) is 1.95. The Balaban J connectivity index is 3.05. The van der Waals surface area contributed by atoms with Crippen molar-refractivity contribution in [2.75, 3.05) is 5.88 Å². The normalized spacial score (nSPS) is 14.9. The second kappa shape index (κ2) is 5.07. The maximum absolute atomic E-state index is 12.2. The number of aromatic nitrogens is 2. The zero-order valence-corrected chi connectivity index (χ0v) is 10.9. The predicted molar refractivity (Wildman–Crippen MR) is 56.9 cm³/mol. The SMILES string of the molecule is CC(CCCl)S(=O)(=O)c1nc(C(F)(F)F)ns1. The Hall–Kier alpha value is -0.410.